The van der Waals surface area contributed by atoms with Gasteiger partial charge in [-0.15, -0.1) is 0 Å². The summed E-state index contributed by atoms with van der Waals surface area (Å²) in [6, 6.07) is 15.7. The van der Waals surface area contributed by atoms with Crippen LogP contribution in [0.15, 0.2) is 53.7 Å². The minimum Gasteiger partial charge on any atom is -0.494 e. The third-order valence-corrected chi connectivity index (χ3v) is 4.69. The van der Waals surface area contributed by atoms with Gasteiger partial charge in [0.05, 0.1) is 22.9 Å². The van der Waals surface area contributed by atoms with Gasteiger partial charge in [-0.2, -0.15) is 0 Å². The van der Waals surface area contributed by atoms with Crippen LogP contribution in [0.5, 0.6) is 5.75 Å². The Hall–Kier alpha value is -2.47. The van der Waals surface area contributed by atoms with Crippen LogP contribution in [0.1, 0.15) is 13.8 Å². The van der Waals surface area contributed by atoms with Crippen LogP contribution < -0.4 is 10.5 Å². The molecule has 3 rings (SSSR count). The Kier molecular flexibility index (Phi) is 4.76. The van der Waals surface area contributed by atoms with Crippen molar-refractivity contribution >= 4 is 28.7 Å². The fraction of sp³-hybridized carbons (Fsp3) is 0.222. The summed E-state index contributed by atoms with van der Waals surface area (Å²) < 4.78 is 7.54. The van der Waals surface area contributed by atoms with E-state index < -0.39 is 0 Å². The van der Waals surface area contributed by atoms with Gasteiger partial charge in [0.1, 0.15) is 5.75 Å². The Morgan fingerprint density at radius 2 is 1.96 bits per heavy atom. The minimum absolute atomic E-state index is 0.356. The number of ether oxygens (including phenoxy) is 1. The van der Waals surface area contributed by atoms with Crippen molar-refractivity contribution in [3.8, 4) is 11.4 Å². The van der Waals surface area contributed by atoms with Gasteiger partial charge < -0.3 is 10.5 Å². The van der Waals surface area contributed by atoms with Gasteiger partial charge in [-0.25, -0.2) is 4.98 Å². The molecular formula is C18H19N3O2S. The number of nitrogens with zero attached hydrogens (tertiary/aromatic N) is 2. The lowest BCUT2D eigenvalue weighted by atomic mass is 10.2. The number of hydrogen-bond donors (Lipinski definition) is 1. The van der Waals surface area contributed by atoms with Crippen LogP contribution in [0, 0.1) is 0 Å². The molecule has 1 amide bonds. The van der Waals surface area contributed by atoms with Gasteiger partial charge in [0.25, 0.3) is 0 Å². The first-order valence-electron chi connectivity index (χ1n) is 7.77. The van der Waals surface area contributed by atoms with Gasteiger partial charge in [-0.1, -0.05) is 23.9 Å². The SMILES string of the molecule is CCOc1ccc(-n2c(S[C@H](C)C(N)=O)nc3ccccc32)cc1. The molecule has 0 bridgehead atoms. The van der Waals surface area contributed by atoms with E-state index in [1.165, 1.54) is 11.8 Å². The molecule has 0 radical (unpaired) electrons. The molecule has 0 saturated carbocycles. The summed E-state index contributed by atoms with van der Waals surface area (Å²) in [5.41, 5.74) is 8.24. The maximum Gasteiger partial charge on any atom is 0.230 e. The first-order valence-corrected chi connectivity index (χ1v) is 8.64. The summed E-state index contributed by atoms with van der Waals surface area (Å²) in [5.74, 6) is 0.468. The summed E-state index contributed by atoms with van der Waals surface area (Å²) >= 11 is 1.36. The summed E-state index contributed by atoms with van der Waals surface area (Å²) in [4.78, 5) is 16.1. The van der Waals surface area contributed by atoms with Gasteiger partial charge >= 0.3 is 0 Å². The van der Waals surface area contributed by atoms with E-state index in [-0.39, 0.29) is 11.2 Å². The lowest BCUT2D eigenvalue weighted by Gasteiger charge is -2.12. The summed E-state index contributed by atoms with van der Waals surface area (Å²) in [6.45, 7) is 4.37. The Bertz CT molecular complexity index is 858. The number of para-hydroxylation sites is 2. The third kappa shape index (κ3) is 3.23. The van der Waals surface area contributed by atoms with Crippen molar-refractivity contribution in [2.24, 2.45) is 5.73 Å². The Morgan fingerprint density at radius 3 is 2.62 bits per heavy atom. The number of fused-ring (bicyclic) bond motifs is 1. The number of aromatic nitrogens is 2. The molecule has 6 heteroatoms. The number of rotatable bonds is 6. The zero-order valence-corrected chi connectivity index (χ0v) is 14.4. The third-order valence-electron chi connectivity index (χ3n) is 3.62. The van der Waals surface area contributed by atoms with Crippen molar-refractivity contribution < 1.29 is 9.53 Å². The number of imidazole rings is 1. The summed E-state index contributed by atoms with van der Waals surface area (Å²) in [6.07, 6.45) is 0. The Labute approximate surface area is 144 Å². The van der Waals surface area contributed by atoms with E-state index in [1.54, 1.807) is 6.92 Å². The average molecular weight is 341 g/mol. The number of amides is 1. The number of hydrogen-bond acceptors (Lipinski definition) is 4. The first kappa shape index (κ1) is 16.4. The average Bonchev–Trinajstić information content (AvgIpc) is 2.93. The maximum absolute atomic E-state index is 11.4. The normalized spacial score (nSPS) is 12.2. The van der Waals surface area contributed by atoms with Crippen molar-refractivity contribution in [2.75, 3.05) is 6.61 Å². The highest BCUT2D eigenvalue weighted by atomic mass is 32.2. The van der Waals surface area contributed by atoms with Gasteiger partial charge in [-0.05, 0) is 50.2 Å². The largest absolute Gasteiger partial charge is 0.494 e. The highest BCUT2D eigenvalue weighted by Gasteiger charge is 2.18. The molecule has 1 heterocycles. The van der Waals surface area contributed by atoms with Crippen LogP contribution in [-0.4, -0.2) is 27.3 Å². The van der Waals surface area contributed by atoms with E-state index in [9.17, 15) is 4.79 Å². The van der Waals surface area contributed by atoms with Crippen LogP contribution in [-0.2, 0) is 4.79 Å². The summed E-state index contributed by atoms with van der Waals surface area (Å²) in [7, 11) is 0. The molecule has 0 aliphatic carbocycles. The van der Waals surface area contributed by atoms with Crippen LogP contribution >= 0.6 is 11.8 Å². The van der Waals surface area contributed by atoms with Crippen molar-refractivity contribution in [1.82, 2.24) is 9.55 Å². The van der Waals surface area contributed by atoms with Gasteiger partial charge in [0.15, 0.2) is 5.16 Å². The van der Waals surface area contributed by atoms with E-state index in [0.29, 0.717) is 6.61 Å². The number of nitrogens with two attached hydrogens (primary N) is 1. The second-order valence-corrected chi connectivity index (χ2v) is 6.62. The fourth-order valence-corrected chi connectivity index (χ4v) is 3.30. The summed E-state index contributed by atoms with van der Waals surface area (Å²) in [5, 5.41) is 0.384. The lowest BCUT2D eigenvalue weighted by Crippen LogP contribution is -2.23. The van der Waals surface area contributed by atoms with Crippen molar-refractivity contribution in [1.29, 1.82) is 0 Å². The van der Waals surface area contributed by atoms with Crippen LogP contribution in [0.25, 0.3) is 16.7 Å². The smallest absolute Gasteiger partial charge is 0.230 e. The maximum atomic E-state index is 11.4. The van der Waals surface area contributed by atoms with Crippen LogP contribution in [0.3, 0.4) is 0 Å². The molecule has 0 saturated heterocycles. The van der Waals surface area contributed by atoms with Crippen molar-refractivity contribution in [3.05, 3.63) is 48.5 Å². The number of benzene rings is 2. The van der Waals surface area contributed by atoms with Crippen molar-refractivity contribution in [3.63, 3.8) is 0 Å². The molecule has 0 aliphatic rings. The molecule has 1 atom stereocenters. The molecule has 0 fully saturated rings. The molecule has 2 N–H and O–H groups in total. The van der Waals surface area contributed by atoms with E-state index in [0.717, 1.165) is 27.6 Å². The molecule has 0 spiro atoms. The van der Waals surface area contributed by atoms with E-state index in [1.807, 2.05) is 60.0 Å². The minimum atomic E-state index is -0.358. The Morgan fingerprint density at radius 1 is 1.25 bits per heavy atom. The number of thioether (sulfide) groups is 1. The molecule has 1 aromatic heterocycles. The zero-order valence-electron chi connectivity index (χ0n) is 13.6. The number of primary amides is 1. The first-order chi connectivity index (χ1) is 11.6. The van der Waals surface area contributed by atoms with E-state index >= 15 is 0 Å². The topological polar surface area (TPSA) is 70.1 Å². The molecule has 124 valence electrons. The molecule has 0 aliphatic heterocycles. The quantitative estimate of drug-likeness (QED) is 0.698. The van der Waals surface area contributed by atoms with E-state index in [4.69, 9.17) is 10.5 Å². The second-order valence-electron chi connectivity index (χ2n) is 5.31. The van der Waals surface area contributed by atoms with Crippen LogP contribution in [0.4, 0.5) is 0 Å². The van der Waals surface area contributed by atoms with Gasteiger partial charge in [-0.3, -0.25) is 9.36 Å². The number of carbonyl (C=O) groups excluding carboxylic acids is 1. The predicted octanol–water partition coefficient (Wildman–Crippen LogP) is 3.39. The predicted molar refractivity (Wildman–Crippen MR) is 96.8 cm³/mol. The lowest BCUT2D eigenvalue weighted by molar-refractivity contribution is -0.117. The highest BCUT2D eigenvalue weighted by molar-refractivity contribution is 8.00. The molecule has 5 nitrogen and oxygen atoms in total. The molecule has 24 heavy (non-hydrogen) atoms. The van der Waals surface area contributed by atoms with Gasteiger partial charge in [0.2, 0.25) is 5.91 Å². The van der Waals surface area contributed by atoms with E-state index in [2.05, 4.69) is 4.98 Å². The zero-order chi connectivity index (χ0) is 17.1. The molecule has 0 unspecified atom stereocenters. The highest BCUT2D eigenvalue weighted by Crippen LogP contribution is 2.30. The Balaban J connectivity index is 2.08. The second kappa shape index (κ2) is 6.97. The molecule has 3 aromatic rings. The monoisotopic (exact) mass is 341 g/mol. The van der Waals surface area contributed by atoms with Crippen LogP contribution in [0.2, 0.25) is 0 Å². The number of carbonyl (C=O) groups is 1. The standard InChI is InChI=1S/C18H19N3O2S/c1-3-23-14-10-8-13(9-11-14)21-16-7-5-4-6-15(16)20-18(21)24-12(2)17(19)22/h4-12H,3H2,1-2H3,(H2,19,22)/t12-/m1/s1. The molecule has 2 aromatic carbocycles. The fourth-order valence-electron chi connectivity index (χ4n) is 2.41. The van der Waals surface area contributed by atoms with Crippen molar-refractivity contribution in [2.45, 2.75) is 24.3 Å². The molecular weight excluding hydrogens is 322 g/mol. The van der Waals surface area contributed by atoms with Gasteiger partial charge in [0, 0.05) is 5.69 Å².